The molecule has 0 aliphatic heterocycles. The largest absolute Gasteiger partial charge is 0.412 e. The van der Waals surface area contributed by atoms with Crippen LogP contribution in [-0.4, -0.2) is 11.0 Å². The van der Waals surface area contributed by atoms with Gasteiger partial charge in [-0.3, -0.25) is 0 Å². The minimum Gasteiger partial charge on any atom is -0.412 e. The quantitative estimate of drug-likeness (QED) is 0.824. The molecule has 106 valence electrons. The number of hydrogen-bond donors (Lipinski definition) is 1. The van der Waals surface area contributed by atoms with Gasteiger partial charge >= 0.3 is 0 Å². The highest BCUT2D eigenvalue weighted by Crippen LogP contribution is 2.71. The van der Waals surface area contributed by atoms with Gasteiger partial charge in [0, 0.05) is 5.54 Å². The van der Waals surface area contributed by atoms with Crippen molar-refractivity contribution in [2.75, 3.05) is 0 Å². The van der Waals surface area contributed by atoms with E-state index in [-0.39, 0.29) is 11.0 Å². The molecule has 0 saturated heterocycles. The summed E-state index contributed by atoms with van der Waals surface area (Å²) in [5, 5.41) is 0. The fourth-order valence-electron chi connectivity index (χ4n) is 6.58. The molecule has 0 radical (unpaired) electrons. The molecule has 2 heteroatoms. The Morgan fingerprint density at radius 1 is 0.833 bits per heavy atom. The van der Waals surface area contributed by atoms with Crippen LogP contribution in [0, 0.1) is 22.7 Å². The second kappa shape index (κ2) is 4.21. The zero-order valence-electron chi connectivity index (χ0n) is 12.4. The molecule has 18 heavy (non-hydrogen) atoms. The fourth-order valence-corrected chi connectivity index (χ4v) is 6.58. The highest BCUT2D eigenvalue weighted by Gasteiger charge is 2.67. The van der Waals surface area contributed by atoms with E-state index >= 15 is 0 Å². The molecule has 0 aromatic heterocycles. The molecule has 4 saturated carbocycles. The molecule has 4 bridgehead atoms. The Morgan fingerprint density at radius 2 is 1.22 bits per heavy atom. The summed E-state index contributed by atoms with van der Waals surface area (Å²) < 4.78 is 0. The topological polar surface area (TPSA) is 57.5 Å². The average molecular weight is 253 g/mol. The van der Waals surface area contributed by atoms with E-state index in [1.165, 1.54) is 51.4 Å². The molecule has 0 aromatic rings. The van der Waals surface area contributed by atoms with E-state index in [2.05, 4.69) is 20.8 Å². The van der Waals surface area contributed by atoms with E-state index in [9.17, 15) is 0 Å². The lowest BCUT2D eigenvalue weighted by Gasteiger charge is -2.72. The fraction of sp³-hybridized carbons (Fsp3) is 1.00. The van der Waals surface area contributed by atoms with E-state index in [1.807, 2.05) is 0 Å². The van der Waals surface area contributed by atoms with Crippen LogP contribution in [0.15, 0.2) is 0 Å². The van der Waals surface area contributed by atoms with E-state index in [4.69, 9.17) is 5.73 Å². The number of rotatable bonds is 3. The van der Waals surface area contributed by atoms with Crippen LogP contribution in [-0.2, 0) is 0 Å². The van der Waals surface area contributed by atoms with Crippen molar-refractivity contribution in [2.24, 2.45) is 28.4 Å². The predicted octanol–water partition coefficient (Wildman–Crippen LogP) is 3.29. The lowest BCUT2D eigenvalue weighted by atomic mass is 9.35. The summed E-state index contributed by atoms with van der Waals surface area (Å²) in [4.78, 5) is 0. The van der Waals surface area contributed by atoms with Gasteiger partial charge in [0.05, 0.1) is 0 Å². The summed E-state index contributed by atoms with van der Waals surface area (Å²) in [7, 11) is 0. The van der Waals surface area contributed by atoms with Gasteiger partial charge in [-0.25, -0.2) is 0 Å². The van der Waals surface area contributed by atoms with Gasteiger partial charge in [0.1, 0.15) is 0 Å². The van der Waals surface area contributed by atoms with Gasteiger partial charge < -0.3 is 11.2 Å². The molecule has 0 amide bonds. The van der Waals surface area contributed by atoms with Gasteiger partial charge in [0.25, 0.3) is 0 Å². The molecule has 4 N–H and O–H groups in total. The molecule has 4 aliphatic rings. The summed E-state index contributed by atoms with van der Waals surface area (Å²) in [6.45, 7) is 7.14. The Kier molecular flexibility index (Phi) is 3.35. The van der Waals surface area contributed by atoms with E-state index < -0.39 is 0 Å². The molecule has 4 fully saturated rings. The van der Waals surface area contributed by atoms with Crippen molar-refractivity contribution in [1.82, 2.24) is 0 Å². The molecule has 4 rings (SSSR count). The molecule has 2 nitrogen and oxygen atoms in total. The Hall–Kier alpha value is -0.0800. The highest BCUT2D eigenvalue weighted by molar-refractivity contribution is 5.21. The van der Waals surface area contributed by atoms with Crippen molar-refractivity contribution in [3.8, 4) is 0 Å². The van der Waals surface area contributed by atoms with Crippen LogP contribution < -0.4 is 5.73 Å². The van der Waals surface area contributed by atoms with E-state index in [0.29, 0.717) is 10.8 Å². The average Bonchev–Trinajstić information content (AvgIpc) is 2.34. The Bertz CT molecular complexity index is 287. The molecule has 0 unspecified atom stereocenters. The van der Waals surface area contributed by atoms with Gasteiger partial charge in [-0.2, -0.15) is 0 Å². The van der Waals surface area contributed by atoms with Crippen molar-refractivity contribution in [3.05, 3.63) is 0 Å². The monoisotopic (exact) mass is 253 g/mol. The third-order valence-electron chi connectivity index (χ3n) is 7.19. The van der Waals surface area contributed by atoms with Crippen molar-refractivity contribution in [3.63, 3.8) is 0 Å². The van der Waals surface area contributed by atoms with Crippen molar-refractivity contribution >= 4 is 0 Å². The van der Waals surface area contributed by atoms with Gasteiger partial charge in [0.15, 0.2) is 0 Å². The summed E-state index contributed by atoms with van der Waals surface area (Å²) in [5.74, 6) is 2.01. The van der Waals surface area contributed by atoms with Crippen LogP contribution in [0.3, 0.4) is 0 Å². The lowest BCUT2D eigenvalue weighted by molar-refractivity contribution is -0.187. The predicted molar refractivity (Wildman–Crippen MR) is 76.3 cm³/mol. The minimum absolute atomic E-state index is 0. The number of nitrogens with two attached hydrogens (primary N) is 1. The molecular formula is C16H31NO. The second-order valence-corrected chi connectivity index (χ2v) is 7.38. The first-order chi connectivity index (χ1) is 8.05. The van der Waals surface area contributed by atoms with Gasteiger partial charge in [-0.15, -0.1) is 0 Å². The third-order valence-corrected chi connectivity index (χ3v) is 7.19. The first-order valence-electron chi connectivity index (χ1n) is 7.83. The molecule has 4 aliphatic carbocycles. The van der Waals surface area contributed by atoms with Crippen LogP contribution in [0.25, 0.3) is 0 Å². The first kappa shape index (κ1) is 14.3. The SMILES string of the molecule is CCC12CC3CC(C1)CC(CC)(C3)C2(N)CC.O. The molecular weight excluding hydrogens is 222 g/mol. The van der Waals surface area contributed by atoms with Crippen molar-refractivity contribution in [1.29, 1.82) is 0 Å². The van der Waals surface area contributed by atoms with Crippen LogP contribution >= 0.6 is 0 Å². The molecule has 0 aromatic carbocycles. The third kappa shape index (κ3) is 1.37. The van der Waals surface area contributed by atoms with Crippen molar-refractivity contribution in [2.45, 2.75) is 77.7 Å². The maximum Gasteiger partial charge on any atom is 0.0266 e. The molecule has 0 heterocycles. The summed E-state index contributed by atoms with van der Waals surface area (Å²) in [5.41, 5.74) is 8.19. The summed E-state index contributed by atoms with van der Waals surface area (Å²) in [6, 6.07) is 0. The minimum atomic E-state index is 0. The Balaban J connectivity index is 0.00000120. The van der Waals surface area contributed by atoms with E-state index in [0.717, 1.165) is 11.8 Å². The Labute approximate surface area is 112 Å². The van der Waals surface area contributed by atoms with Gasteiger partial charge in [-0.1, -0.05) is 20.8 Å². The van der Waals surface area contributed by atoms with Gasteiger partial charge in [0.2, 0.25) is 0 Å². The zero-order valence-corrected chi connectivity index (χ0v) is 12.4. The smallest absolute Gasteiger partial charge is 0.0266 e. The lowest BCUT2D eigenvalue weighted by Crippen LogP contribution is -2.73. The molecule has 0 spiro atoms. The van der Waals surface area contributed by atoms with Crippen LogP contribution in [0.4, 0.5) is 0 Å². The second-order valence-electron chi connectivity index (χ2n) is 7.38. The van der Waals surface area contributed by atoms with Gasteiger partial charge in [-0.05, 0) is 74.0 Å². The summed E-state index contributed by atoms with van der Waals surface area (Å²) >= 11 is 0. The normalized spacial score (nSPS) is 53.3. The Morgan fingerprint density at radius 3 is 1.50 bits per heavy atom. The highest BCUT2D eigenvalue weighted by atomic mass is 16.0. The maximum atomic E-state index is 7.08. The van der Waals surface area contributed by atoms with E-state index in [1.54, 1.807) is 0 Å². The molecule has 0 atom stereocenters. The van der Waals surface area contributed by atoms with Crippen LogP contribution in [0.2, 0.25) is 0 Å². The van der Waals surface area contributed by atoms with Crippen molar-refractivity contribution < 1.29 is 5.48 Å². The van der Waals surface area contributed by atoms with Crippen LogP contribution in [0.1, 0.15) is 72.1 Å². The van der Waals surface area contributed by atoms with Crippen LogP contribution in [0.5, 0.6) is 0 Å². The maximum absolute atomic E-state index is 7.08. The first-order valence-corrected chi connectivity index (χ1v) is 7.83. The standard InChI is InChI=1S/C16H29N.H2O/c1-4-14-8-12-7-13(9-14)11-15(5-2,10-12)16(14,17)6-3;/h12-13H,4-11,17H2,1-3H3;1H2. The number of hydrogen-bond acceptors (Lipinski definition) is 1. The summed E-state index contributed by atoms with van der Waals surface area (Å²) in [6.07, 6.45) is 11.1. The zero-order chi connectivity index (χ0) is 12.3.